The third-order valence-electron chi connectivity index (χ3n) is 4.98. The minimum absolute atomic E-state index is 0.112. The lowest BCUT2D eigenvalue weighted by Gasteiger charge is -2.21. The van der Waals surface area contributed by atoms with Crippen molar-refractivity contribution >= 4 is 15.8 Å². The molecular weight excluding hydrogens is 360 g/mol. The van der Waals surface area contributed by atoms with Gasteiger partial charge >= 0.3 is 0 Å². The molecule has 1 fully saturated rings. The number of benzene rings is 1. The molecule has 0 aliphatic carbocycles. The van der Waals surface area contributed by atoms with Crippen LogP contribution in [0.4, 0.5) is 0 Å². The summed E-state index contributed by atoms with van der Waals surface area (Å²) in [6, 6.07) is 9.52. The Morgan fingerprint density at radius 2 is 1.96 bits per heavy atom. The Morgan fingerprint density at radius 1 is 1.26 bits per heavy atom. The van der Waals surface area contributed by atoms with Crippen LogP contribution in [0.25, 0.3) is 0 Å². The van der Waals surface area contributed by atoms with E-state index in [2.05, 4.69) is 41.3 Å². The summed E-state index contributed by atoms with van der Waals surface area (Å²) in [5.41, 5.74) is 0. The van der Waals surface area contributed by atoms with Crippen molar-refractivity contribution in [3.8, 4) is 0 Å². The molecule has 2 unspecified atom stereocenters. The Kier molecular flexibility index (Phi) is 8.10. The van der Waals surface area contributed by atoms with E-state index in [1.165, 1.54) is 0 Å². The molecule has 2 N–H and O–H groups in total. The van der Waals surface area contributed by atoms with E-state index in [9.17, 15) is 8.42 Å². The average molecular weight is 395 g/mol. The fourth-order valence-corrected chi connectivity index (χ4v) is 4.62. The fourth-order valence-electron chi connectivity index (χ4n) is 3.30. The Hall–Kier alpha value is -1.60. The van der Waals surface area contributed by atoms with Crippen molar-refractivity contribution in [3.63, 3.8) is 0 Å². The van der Waals surface area contributed by atoms with Gasteiger partial charge in [-0.25, -0.2) is 8.42 Å². The van der Waals surface area contributed by atoms with Crippen LogP contribution in [0.15, 0.2) is 40.2 Å². The molecule has 1 aromatic rings. The van der Waals surface area contributed by atoms with Crippen molar-refractivity contribution in [3.05, 3.63) is 30.3 Å². The molecule has 0 amide bonds. The lowest BCUT2D eigenvalue weighted by Crippen LogP contribution is -2.46. The normalized spacial score (nSPS) is 21.6. The first kappa shape index (κ1) is 21.7. The van der Waals surface area contributed by atoms with E-state index in [0.717, 1.165) is 25.6 Å². The number of rotatable bonds is 8. The van der Waals surface area contributed by atoms with Crippen molar-refractivity contribution in [1.82, 2.24) is 15.5 Å². The van der Waals surface area contributed by atoms with Crippen molar-refractivity contribution in [1.29, 1.82) is 0 Å². The van der Waals surface area contributed by atoms with E-state index in [-0.39, 0.29) is 5.75 Å². The maximum absolute atomic E-state index is 12.3. The minimum Gasteiger partial charge on any atom is -0.357 e. The first-order valence-electron chi connectivity index (χ1n) is 9.90. The van der Waals surface area contributed by atoms with Crippen LogP contribution in [0, 0.1) is 5.92 Å². The molecule has 0 spiro atoms. The number of nitrogens with zero attached hydrogens (tertiary/aromatic N) is 2. The summed E-state index contributed by atoms with van der Waals surface area (Å²) in [7, 11) is -3.24. The number of sulfone groups is 1. The van der Waals surface area contributed by atoms with Crippen LogP contribution in [0.3, 0.4) is 0 Å². The van der Waals surface area contributed by atoms with Crippen LogP contribution in [0.5, 0.6) is 0 Å². The second-order valence-electron chi connectivity index (χ2n) is 7.52. The number of hydrogen-bond donors (Lipinski definition) is 2. The highest BCUT2D eigenvalue weighted by atomic mass is 32.2. The first-order chi connectivity index (χ1) is 12.8. The summed E-state index contributed by atoms with van der Waals surface area (Å²) in [6.07, 6.45) is 0.506. The summed E-state index contributed by atoms with van der Waals surface area (Å²) in [6.45, 7) is 12.1. The number of nitrogens with one attached hydrogen (secondary N) is 2. The standard InChI is InChI=1S/C20H34N4O2S/c1-5-21-20(23-19-15-24(16(2)3)14-17(19)4)22-12-9-13-27(25,26)18-10-7-6-8-11-18/h6-8,10-11,16-17,19H,5,9,12-15H2,1-4H3,(H2,21,22,23). The maximum Gasteiger partial charge on any atom is 0.191 e. The van der Waals surface area contributed by atoms with E-state index in [0.29, 0.717) is 35.9 Å². The highest BCUT2D eigenvalue weighted by Crippen LogP contribution is 2.18. The largest absolute Gasteiger partial charge is 0.357 e. The van der Waals surface area contributed by atoms with Gasteiger partial charge in [0.2, 0.25) is 0 Å². The van der Waals surface area contributed by atoms with Gasteiger partial charge in [0, 0.05) is 38.3 Å². The molecule has 1 aliphatic heterocycles. The van der Waals surface area contributed by atoms with Crippen LogP contribution in [-0.2, 0) is 9.84 Å². The quantitative estimate of drug-likeness (QED) is 0.401. The monoisotopic (exact) mass is 394 g/mol. The van der Waals surface area contributed by atoms with Gasteiger partial charge in [0.15, 0.2) is 15.8 Å². The van der Waals surface area contributed by atoms with E-state index < -0.39 is 9.84 Å². The highest BCUT2D eigenvalue weighted by Gasteiger charge is 2.31. The van der Waals surface area contributed by atoms with Gasteiger partial charge in [-0.3, -0.25) is 9.89 Å². The van der Waals surface area contributed by atoms with Gasteiger partial charge in [-0.1, -0.05) is 25.1 Å². The summed E-state index contributed by atoms with van der Waals surface area (Å²) in [5.74, 6) is 1.44. The predicted octanol–water partition coefficient (Wildman–Crippen LogP) is 2.13. The molecule has 0 saturated carbocycles. The SMILES string of the molecule is CCNC(=NCCCS(=O)(=O)c1ccccc1)NC1CN(C(C)C)CC1C. The van der Waals surface area contributed by atoms with Gasteiger partial charge in [-0.15, -0.1) is 0 Å². The van der Waals surface area contributed by atoms with Crippen LogP contribution in [0.2, 0.25) is 0 Å². The van der Waals surface area contributed by atoms with Crippen LogP contribution < -0.4 is 10.6 Å². The fraction of sp³-hybridized carbons (Fsp3) is 0.650. The second kappa shape index (κ2) is 10.1. The molecule has 7 heteroatoms. The Bertz CT molecular complexity index is 704. The third kappa shape index (κ3) is 6.50. The van der Waals surface area contributed by atoms with Crippen LogP contribution in [-0.4, -0.2) is 63.3 Å². The van der Waals surface area contributed by atoms with Gasteiger partial charge in [-0.2, -0.15) is 0 Å². The van der Waals surface area contributed by atoms with Crippen molar-refractivity contribution in [2.24, 2.45) is 10.9 Å². The molecule has 152 valence electrons. The van der Waals surface area contributed by atoms with E-state index >= 15 is 0 Å². The molecular formula is C20H34N4O2S. The van der Waals surface area contributed by atoms with Gasteiger partial charge in [0.05, 0.1) is 10.6 Å². The Morgan fingerprint density at radius 3 is 2.56 bits per heavy atom. The average Bonchev–Trinajstić information content (AvgIpc) is 3.00. The number of hydrogen-bond acceptors (Lipinski definition) is 4. The Balaban J connectivity index is 1.88. The molecule has 27 heavy (non-hydrogen) atoms. The maximum atomic E-state index is 12.3. The molecule has 1 saturated heterocycles. The van der Waals surface area contributed by atoms with Crippen LogP contribution in [0.1, 0.15) is 34.1 Å². The lowest BCUT2D eigenvalue weighted by molar-refractivity contribution is 0.265. The smallest absolute Gasteiger partial charge is 0.191 e. The molecule has 1 aromatic carbocycles. The minimum atomic E-state index is -3.24. The van der Waals surface area contributed by atoms with E-state index in [1.807, 2.05) is 13.0 Å². The van der Waals surface area contributed by atoms with Crippen LogP contribution >= 0.6 is 0 Å². The number of likely N-dealkylation sites (tertiary alicyclic amines) is 1. The predicted molar refractivity (Wildman–Crippen MR) is 112 cm³/mol. The van der Waals surface area contributed by atoms with Crippen molar-refractivity contribution in [2.75, 3.05) is 31.9 Å². The van der Waals surface area contributed by atoms with Gasteiger partial charge in [0.25, 0.3) is 0 Å². The number of guanidine groups is 1. The zero-order chi connectivity index (χ0) is 19.9. The molecule has 2 atom stereocenters. The molecule has 0 radical (unpaired) electrons. The zero-order valence-electron chi connectivity index (χ0n) is 17.0. The summed E-state index contributed by atoms with van der Waals surface area (Å²) < 4.78 is 24.7. The topological polar surface area (TPSA) is 73.8 Å². The molecule has 0 bridgehead atoms. The third-order valence-corrected chi connectivity index (χ3v) is 6.80. The summed E-state index contributed by atoms with van der Waals surface area (Å²) >= 11 is 0. The van der Waals surface area contributed by atoms with E-state index in [4.69, 9.17) is 0 Å². The van der Waals surface area contributed by atoms with Gasteiger partial charge in [-0.05, 0) is 45.2 Å². The van der Waals surface area contributed by atoms with E-state index in [1.54, 1.807) is 24.3 Å². The number of aliphatic imine (C=N–C) groups is 1. The molecule has 2 rings (SSSR count). The lowest BCUT2D eigenvalue weighted by atomic mass is 10.1. The zero-order valence-corrected chi connectivity index (χ0v) is 17.8. The van der Waals surface area contributed by atoms with Crippen molar-refractivity contribution in [2.45, 2.75) is 51.1 Å². The van der Waals surface area contributed by atoms with Gasteiger partial charge in [0.1, 0.15) is 0 Å². The van der Waals surface area contributed by atoms with Gasteiger partial charge < -0.3 is 10.6 Å². The highest BCUT2D eigenvalue weighted by molar-refractivity contribution is 7.91. The molecule has 0 aromatic heterocycles. The molecule has 1 heterocycles. The summed E-state index contributed by atoms with van der Waals surface area (Å²) in [5, 5.41) is 6.80. The molecule has 6 nitrogen and oxygen atoms in total. The van der Waals surface area contributed by atoms with Crippen molar-refractivity contribution < 1.29 is 8.42 Å². The molecule has 1 aliphatic rings. The second-order valence-corrected chi connectivity index (χ2v) is 9.63. The first-order valence-corrected chi connectivity index (χ1v) is 11.6. The summed E-state index contributed by atoms with van der Waals surface area (Å²) in [4.78, 5) is 7.44. The Labute approximate surface area is 164 Å².